The topological polar surface area (TPSA) is 120 Å². The van der Waals surface area contributed by atoms with Crippen LogP contribution >= 0.6 is 0 Å². The molecule has 0 bridgehead atoms. The Hall–Kier alpha value is 1.26. The van der Waals surface area contributed by atoms with Crippen LogP contribution in [0.3, 0.4) is 0 Å². The fourth-order valence-electron chi connectivity index (χ4n) is 0. The van der Waals surface area contributed by atoms with Gasteiger partial charge in [-0.2, -0.15) is 0 Å². The van der Waals surface area contributed by atoms with E-state index in [0.717, 1.165) is 0 Å². The van der Waals surface area contributed by atoms with E-state index in [9.17, 15) is 0 Å². The van der Waals surface area contributed by atoms with Crippen LogP contribution in [0.5, 0.6) is 0 Å². The van der Waals surface area contributed by atoms with Gasteiger partial charge in [0.25, 0.3) is 0 Å². The van der Waals surface area contributed by atoms with Crippen molar-refractivity contribution in [3.05, 3.63) is 0 Å². The standard InChI is InChI=1S/2Al.5O.Ti/q2*+3;;;3*-2;. The Morgan fingerprint density at radius 2 is 0.750 bits per heavy atom. The third kappa shape index (κ3) is 179. The van der Waals surface area contributed by atoms with E-state index in [1.54, 1.807) is 0 Å². The SMILES string of the molecule is [Al+3].[Al+3].[O-2].[O-2].[O-2].[O]=[Ti]=[O]. The van der Waals surface area contributed by atoms with Gasteiger partial charge >= 0.3 is 60.5 Å². The molecule has 0 fully saturated rings. The molecule has 5 nitrogen and oxygen atoms in total. The van der Waals surface area contributed by atoms with E-state index in [1.165, 1.54) is 0 Å². The number of hydrogen-bond donors (Lipinski definition) is 0. The van der Waals surface area contributed by atoms with Crippen LogP contribution < -0.4 is 0 Å². The monoisotopic (exact) mass is 182 g/mol. The van der Waals surface area contributed by atoms with Crippen molar-refractivity contribution in [2.75, 3.05) is 0 Å². The molecule has 0 aromatic heterocycles. The van der Waals surface area contributed by atoms with E-state index in [-0.39, 0.29) is 51.2 Å². The minimum atomic E-state index is -2.00. The van der Waals surface area contributed by atoms with E-state index in [2.05, 4.69) is 0 Å². The molecule has 0 heterocycles. The van der Waals surface area contributed by atoms with E-state index in [1.807, 2.05) is 0 Å². The summed E-state index contributed by atoms with van der Waals surface area (Å²) in [5, 5.41) is 0. The Kier molecular flexibility index (Phi) is 634. The molecule has 0 aliphatic heterocycles. The van der Waals surface area contributed by atoms with Crippen LogP contribution in [0, 0.1) is 0 Å². The van der Waals surface area contributed by atoms with E-state index in [0.29, 0.717) is 0 Å². The van der Waals surface area contributed by atoms with Crippen LogP contribution in [0.15, 0.2) is 0 Å². The van der Waals surface area contributed by atoms with Gasteiger partial charge in [0.15, 0.2) is 0 Å². The summed E-state index contributed by atoms with van der Waals surface area (Å²) in [7, 11) is 0. The van der Waals surface area contributed by atoms with Gasteiger partial charge in [0, 0.05) is 0 Å². The number of hydrogen-bond acceptors (Lipinski definition) is 2. The molecule has 0 rings (SSSR count). The second-order valence-corrected chi connectivity index (χ2v) is 0.344. The van der Waals surface area contributed by atoms with E-state index in [4.69, 9.17) is 6.65 Å². The van der Waals surface area contributed by atoms with Gasteiger partial charge in [0.1, 0.15) is 0 Å². The van der Waals surface area contributed by atoms with Gasteiger partial charge in [-0.25, -0.2) is 0 Å². The maximum absolute atomic E-state index is 8.50. The average molecular weight is 182 g/mol. The molecular weight excluding hydrogens is 182 g/mol. The van der Waals surface area contributed by atoms with Crippen molar-refractivity contribution in [1.82, 2.24) is 0 Å². The minimum absolute atomic E-state index is 0. The van der Waals surface area contributed by atoms with Crippen LogP contribution in [-0.2, 0) is 42.2 Å². The molecule has 40 valence electrons. The molecule has 0 atom stereocenters. The summed E-state index contributed by atoms with van der Waals surface area (Å²) in [6, 6.07) is 0. The van der Waals surface area contributed by atoms with Crippen molar-refractivity contribution < 1.29 is 42.2 Å². The average Bonchev–Trinajstić information content (AvgIpc) is 0.918. The molecule has 0 amide bonds. The molecule has 8 heteroatoms. The van der Waals surface area contributed by atoms with Gasteiger partial charge in [-0.1, -0.05) is 0 Å². The third-order valence-corrected chi connectivity index (χ3v) is 0. The summed E-state index contributed by atoms with van der Waals surface area (Å²) in [5.74, 6) is 0. The van der Waals surface area contributed by atoms with Gasteiger partial charge in [-0.3, -0.25) is 0 Å². The van der Waals surface area contributed by atoms with Crippen molar-refractivity contribution in [1.29, 1.82) is 0 Å². The second kappa shape index (κ2) is 85.3. The summed E-state index contributed by atoms with van der Waals surface area (Å²) < 4.78 is 17.0. The molecule has 0 aliphatic carbocycles. The molecule has 0 aromatic rings. The summed E-state index contributed by atoms with van der Waals surface area (Å²) in [4.78, 5) is 0. The first-order valence-electron chi connectivity index (χ1n) is 0.408. The quantitative estimate of drug-likeness (QED) is 0.429. The van der Waals surface area contributed by atoms with Crippen molar-refractivity contribution in [2.24, 2.45) is 0 Å². The summed E-state index contributed by atoms with van der Waals surface area (Å²) in [6.07, 6.45) is 0. The van der Waals surface area contributed by atoms with Crippen molar-refractivity contribution in [3.8, 4) is 0 Å². The fraction of sp³-hybridized carbons (Fsp3) is 0. The maximum atomic E-state index is 8.50. The van der Waals surface area contributed by atoms with E-state index >= 15 is 0 Å². The molecule has 0 unspecified atom stereocenters. The van der Waals surface area contributed by atoms with Gasteiger partial charge in [0.2, 0.25) is 0 Å². The Labute approximate surface area is 76.6 Å². The zero-order chi connectivity index (χ0) is 2.71. The first-order valence-corrected chi connectivity index (χ1v) is 1.68. The Morgan fingerprint density at radius 1 is 0.750 bits per heavy atom. The van der Waals surface area contributed by atoms with Crippen LogP contribution in [0.4, 0.5) is 0 Å². The molecule has 0 saturated carbocycles. The Bertz CT molecular complexity index is 31.4. The van der Waals surface area contributed by atoms with Crippen molar-refractivity contribution in [2.45, 2.75) is 0 Å². The molecule has 8 heavy (non-hydrogen) atoms. The first-order chi connectivity index (χ1) is 1.41. The third-order valence-electron chi connectivity index (χ3n) is 0. The van der Waals surface area contributed by atoms with Crippen LogP contribution in [0.1, 0.15) is 0 Å². The summed E-state index contributed by atoms with van der Waals surface area (Å²) in [6.45, 7) is 0. The Morgan fingerprint density at radius 3 is 0.750 bits per heavy atom. The van der Waals surface area contributed by atoms with Crippen molar-refractivity contribution >= 4 is 34.7 Å². The summed E-state index contributed by atoms with van der Waals surface area (Å²) in [5.41, 5.74) is 0. The predicted molar refractivity (Wildman–Crippen MR) is 14.9 cm³/mol. The second-order valence-electron chi connectivity index (χ2n) is 0.0833. The first kappa shape index (κ1) is 59.5. The van der Waals surface area contributed by atoms with Gasteiger partial charge in [0.05, 0.1) is 0 Å². The fourth-order valence-corrected chi connectivity index (χ4v) is 0. The van der Waals surface area contributed by atoms with Crippen LogP contribution in [0.2, 0.25) is 0 Å². The number of rotatable bonds is 0. The molecule has 0 radical (unpaired) electrons. The van der Waals surface area contributed by atoms with Crippen LogP contribution in [0.25, 0.3) is 0 Å². The molecule has 0 spiro atoms. The van der Waals surface area contributed by atoms with Gasteiger partial charge < -0.3 is 16.4 Å². The molecule has 0 N–H and O–H groups in total. The van der Waals surface area contributed by atoms with Gasteiger partial charge in [-0.05, 0) is 0 Å². The summed E-state index contributed by atoms with van der Waals surface area (Å²) >= 11 is -2.00. The zero-order valence-corrected chi connectivity index (χ0v) is 7.57. The molecular formula is Al2O5Ti. The van der Waals surface area contributed by atoms with Gasteiger partial charge in [-0.15, -0.1) is 0 Å². The molecule has 0 aromatic carbocycles. The zero-order valence-electron chi connectivity index (χ0n) is 3.70. The normalized spacial score (nSPS) is 1.00. The van der Waals surface area contributed by atoms with Crippen LogP contribution in [-0.4, -0.2) is 34.7 Å². The van der Waals surface area contributed by atoms with E-state index < -0.39 is 19.1 Å². The Balaban J connectivity index is -0.00000000200. The molecule has 0 saturated heterocycles. The van der Waals surface area contributed by atoms with Crippen molar-refractivity contribution in [3.63, 3.8) is 0 Å². The predicted octanol–water partition coefficient (Wildman–Crippen LogP) is -1.36. The molecule has 0 aliphatic rings.